The molecule has 1 fully saturated rings. The normalized spacial score (nSPS) is 19.0. The molecule has 154 valence electrons. The summed E-state index contributed by atoms with van der Waals surface area (Å²) in [6.45, 7) is 3.74. The molecular weight excluding hydrogens is 389 g/mol. The molecule has 0 bridgehead atoms. The van der Waals surface area contributed by atoms with Gasteiger partial charge in [-0.25, -0.2) is 4.39 Å². The SMILES string of the molecule is CC(=O)CC1CCC(Cc2cc(C(=O)Nc3ccc(F)c(Cl)c3)ccc2C)CC1. The van der Waals surface area contributed by atoms with E-state index in [4.69, 9.17) is 11.6 Å². The van der Waals surface area contributed by atoms with Crippen molar-refractivity contribution in [2.45, 2.75) is 52.4 Å². The third-order valence-electron chi connectivity index (χ3n) is 5.84. The second-order valence-corrected chi connectivity index (χ2v) is 8.63. The highest BCUT2D eigenvalue weighted by Crippen LogP contribution is 2.33. The molecule has 2 aromatic rings. The first-order chi connectivity index (χ1) is 13.8. The van der Waals surface area contributed by atoms with E-state index in [-0.39, 0.29) is 16.7 Å². The van der Waals surface area contributed by atoms with E-state index in [1.54, 1.807) is 6.92 Å². The number of hydrogen-bond acceptors (Lipinski definition) is 2. The number of Topliss-reactive ketones (excluding diaryl/α,β-unsaturated/α-hetero) is 1. The minimum Gasteiger partial charge on any atom is -0.322 e. The molecule has 3 rings (SSSR count). The number of hydrogen-bond donors (Lipinski definition) is 1. The maximum atomic E-state index is 13.3. The number of anilines is 1. The first-order valence-electron chi connectivity index (χ1n) is 10.2. The van der Waals surface area contributed by atoms with Gasteiger partial charge in [0.15, 0.2) is 0 Å². The Balaban J connectivity index is 1.64. The van der Waals surface area contributed by atoms with Gasteiger partial charge in [-0.05, 0) is 99.2 Å². The van der Waals surface area contributed by atoms with Crippen LogP contribution in [-0.2, 0) is 11.2 Å². The smallest absolute Gasteiger partial charge is 0.255 e. The van der Waals surface area contributed by atoms with Crippen LogP contribution in [-0.4, -0.2) is 11.7 Å². The number of nitrogens with one attached hydrogen (secondary N) is 1. The Morgan fingerprint density at radius 3 is 2.41 bits per heavy atom. The number of ketones is 1. The predicted octanol–water partition coefficient (Wildman–Crippen LogP) is 6.37. The number of rotatable bonds is 6. The second-order valence-electron chi connectivity index (χ2n) is 8.22. The Bertz CT molecular complexity index is 904. The zero-order chi connectivity index (χ0) is 21.0. The first kappa shape index (κ1) is 21.5. The van der Waals surface area contributed by atoms with Gasteiger partial charge >= 0.3 is 0 Å². The van der Waals surface area contributed by atoms with Gasteiger partial charge in [-0.3, -0.25) is 4.79 Å². The largest absolute Gasteiger partial charge is 0.322 e. The van der Waals surface area contributed by atoms with Crippen molar-refractivity contribution >= 4 is 29.0 Å². The number of carbonyl (C=O) groups is 2. The van der Waals surface area contributed by atoms with E-state index < -0.39 is 5.82 Å². The fourth-order valence-corrected chi connectivity index (χ4v) is 4.35. The summed E-state index contributed by atoms with van der Waals surface area (Å²) in [5.74, 6) is 0.653. The van der Waals surface area contributed by atoms with Gasteiger partial charge in [0.05, 0.1) is 5.02 Å². The molecule has 5 heteroatoms. The maximum absolute atomic E-state index is 13.3. The zero-order valence-electron chi connectivity index (χ0n) is 16.9. The topological polar surface area (TPSA) is 46.2 Å². The van der Waals surface area contributed by atoms with E-state index in [1.165, 1.54) is 29.3 Å². The Hall–Kier alpha value is -2.20. The van der Waals surface area contributed by atoms with Crippen LogP contribution in [0.2, 0.25) is 5.02 Å². The lowest BCUT2D eigenvalue weighted by Crippen LogP contribution is -2.19. The second kappa shape index (κ2) is 9.53. The van der Waals surface area contributed by atoms with E-state index >= 15 is 0 Å². The lowest BCUT2D eigenvalue weighted by atomic mass is 9.77. The highest BCUT2D eigenvalue weighted by molar-refractivity contribution is 6.31. The molecule has 3 nitrogen and oxygen atoms in total. The summed E-state index contributed by atoms with van der Waals surface area (Å²) >= 11 is 5.79. The zero-order valence-corrected chi connectivity index (χ0v) is 17.7. The Labute approximate surface area is 176 Å². The van der Waals surface area contributed by atoms with Crippen molar-refractivity contribution in [3.05, 3.63) is 63.9 Å². The average Bonchev–Trinajstić information content (AvgIpc) is 2.67. The lowest BCUT2D eigenvalue weighted by molar-refractivity contribution is -0.118. The van der Waals surface area contributed by atoms with E-state index in [9.17, 15) is 14.0 Å². The molecule has 0 aromatic heterocycles. The fraction of sp³-hybridized carbons (Fsp3) is 0.417. The molecule has 0 aliphatic heterocycles. The van der Waals surface area contributed by atoms with E-state index in [0.29, 0.717) is 29.5 Å². The van der Waals surface area contributed by atoms with Crippen molar-refractivity contribution < 1.29 is 14.0 Å². The monoisotopic (exact) mass is 415 g/mol. The summed E-state index contributed by atoms with van der Waals surface area (Å²) in [4.78, 5) is 24.0. The molecule has 1 saturated carbocycles. The molecule has 29 heavy (non-hydrogen) atoms. The molecule has 0 atom stereocenters. The lowest BCUT2D eigenvalue weighted by Gasteiger charge is -2.28. The molecule has 1 aliphatic rings. The Morgan fingerprint density at radius 1 is 1.07 bits per heavy atom. The molecule has 1 aliphatic carbocycles. The first-order valence-corrected chi connectivity index (χ1v) is 10.5. The van der Waals surface area contributed by atoms with Crippen molar-refractivity contribution in [3.63, 3.8) is 0 Å². The third kappa shape index (κ3) is 5.89. The third-order valence-corrected chi connectivity index (χ3v) is 6.13. The van der Waals surface area contributed by atoms with Gasteiger partial charge in [0, 0.05) is 17.7 Å². The van der Waals surface area contributed by atoms with Crippen LogP contribution in [0.4, 0.5) is 10.1 Å². The highest BCUT2D eigenvalue weighted by atomic mass is 35.5. The van der Waals surface area contributed by atoms with Crippen molar-refractivity contribution in [1.82, 2.24) is 0 Å². The van der Waals surface area contributed by atoms with E-state index in [1.807, 2.05) is 18.2 Å². The number of benzene rings is 2. The molecule has 2 aromatic carbocycles. The van der Waals surface area contributed by atoms with Crippen LogP contribution in [0, 0.1) is 24.6 Å². The van der Waals surface area contributed by atoms with Crippen LogP contribution in [0.25, 0.3) is 0 Å². The number of aryl methyl sites for hydroxylation is 1. The van der Waals surface area contributed by atoms with Crippen molar-refractivity contribution in [2.24, 2.45) is 11.8 Å². The fourth-order valence-electron chi connectivity index (χ4n) is 4.17. The summed E-state index contributed by atoms with van der Waals surface area (Å²) in [7, 11) is 0. The van der Waals surface area contributed by atoms with Gasteiger partial charge in [-0.2, -0.15) is 0 Å². The van der Waals surface area contributed by atoms with Crippen LogP contribution >= 0.6 is 11.6 Å². The molecule has 0 saturated heterocycles. The van der Waals surface area contributed by atoms with Crippen LogP contribution in [0.3, 0.4) is 0 Å². The molecule has 0 spiro atoms. The van der Waals surface area contributed by atoms with Crippen molar-refractivity contribution in [2.75, 3.05) is 5.32 Å². The summed E-state index contributed by atoms with van der Waals surface area (Å²) in [6.07, 6.45) is 6.12. The van der Waals surface area contributed by atoms with Gasteiger partial charge in [0.25, 0.3) is 5.91 Å². The van der Waals surface area contributed by atoms with Crippen LogP contribution in [0.5, 0.6) is 0 Å². The highest BCUT2D eigenvalue weighted by Gasteiger charge is 2.23. The minimum absolute atomic E-state index is 0.0206. The maximum Gasteiger partial charge on any atom is 0.255 e. The molecule has 0 unspecified atom stereocenters. The number of halogens is 2. The molecule has 1 amide bonds. The predicted molar refractivity (Wildman–Crippen MR) is 115 cm³/mol. The minimum atomic E-state index is -0.514. The quantitative estimate of drug-likeness (QED) is 0.595. The number of carbonyl (C=O) groups excluding carboxylic acids is 2. The molecular formula is C24H27ClFNO2. The summed E-state index contributed by atoms with van der Waals surface area (Å²) in [5.41, 5.74) is 3.41. The summed E-state index contributed by atoms with van der Waals surface area (Å²) in [5, 5.41) is 2.76. The van der Waals surface area contributed by atoms with Gasteiger partial charge in [0.1, 0.15) is 11.6 Å². The molecule has 1 N–H and O–H groups in total. The summed E-state index contributed by atoms with van der Waals surface area (Å²) < 4.78 is 13.3. The molecule has 0 radical (unpaired) electrons. The average molecular weight is 416 g/mol. The number of amides is 1. The van der Waals surface area contributed by atoms with Crippen LogP contribution in [0.1, 0.15) is 60.5 Å². The standard InChI is InChI=1S/C24H27ClFNO2/c1-15-3-8-19(24(29)27-21-9-10-23(26)22(25)14-21)13-20(15)12-18-6-4-17(5-7-18)11-16(2)28/h3,8-10,13-14,17-18H,4-7,11-12H2,1-2H3,(H,27,29). The van der Waals surface area contributed by atoms with Crippen LogP contribution < -0.4 is 5.32 Å². The van der Waals surface area contributed by atoms with E-state index in [2.05, 4.69) is 12.2 Å². The van der Waals surface area contributed by atoms with Gasteiger partial charge in [-0.1, -0.05) is 17.7 Å². The van der Waals surface area contributed by atoms with E-state index in [0.717, 1.165) is 32.1 Å². The van der Waals surface area contributed by atoms with Gasteiger partial charge in [-0.15, -0.1) is 0 Å². The summed E-state index contributed by atoms with van der Waals surface area (Å²) in [6, 6.07) is 9.88. The Kier molecular flexibility index (Phi) is 7.07. The van der Waals surface area contributed by atoms with Crippen LogP contribution in [0.15, 0.2) is 36.4 Å². The Morgan fingerprint density at radius 2 is 1.76 bits per heavy atom. The van der Waals surface area contributed by atoms with Gasteiger partial charge in [0.2, 0.25) is 0 Å². The van der Waals surface area contributed by atoms with Crippen molar-refractivity contribution in [3.8, 4) is 0 Å². The van der Waals surface area contributed by atoms with Crippen molar-refractivity contribution in [1.29, 1.82) is 0 Å². The molecule has 0 heterocycles. The van der Waals surface area contributed by atoms with Gasteiger partial charge < -0.3 is 10.1 Å².